The molecular formula is C16H18BrN3. The van der Waals surface area contributed by atoms with E-state index in [0.29, 0.717) is 5.92 Å². The number of allylic oxidation sites excluding steroid dienone is 1. The van der Waals surface area contributed by atoms with Crippen LogP contribution in [-0.4, -0.2) is 15.8 Å². The minimum Gasteiger partial charge on any atom is -0.324 e. The van der Waals surface area contributed by atoms with E-state index in [9.17, 15) is 0 Å². The van der Waals surface area contributed by atoms with E-state index in [2.05, 4.69) is 54.1 Å². The lowest BCUT2D eigenvalue weighted by atomic mass is 9.96. The van der Waals surface area contributed by atoms with Gasteiger partial charge in [-0.2, -0.15) is 5.10 Å². The highest BCUT2D eigenvalue weighted by molar-refractivity contribution is 9.10. The number of nitrogens with two attached hydrogens (primary N) is 1. The van der Waals surface area contributed by atoms with Crippen LogP contribution in [0.5, 0.6) is 0 Å². The summed E-state index contributed by atoms with van der Waals surface area (Å²) in [5.74, 6) is 0.394. The zero-order chi connectivity index (χ0) is 14.3. The molecule has 0 fully saturated rings. The molecule has 1 aromatic heterocycles. The number of hydrogen-bond acceptors (Lipinski definition) is 2. The smallest absolute Gasteiger partial charge is 0.0660 e. The van der Waals surface area contributed by atoms with Crippen LogP contribution in [0.1, 0.15) is 29.3 Å². The van der Waals surface area contributed by atoms with Gasteiger partial charge < -0.3 is 5.73 Å². The summed E-state index contributed by atoms with van der Waals surface area (Å²) in [6.07, 6.45) is 5.29. The van der Waals surface area contributed by atoms with Crippen molar-refractivity contribution in [2.24, 2.45) is 5.73 Å². The molecule has 0 saturated heterocycles. The quantitative estimate of drug-likeness (QED) is 0.854. The Labute approximate surface area is 127 Å². The molecule has 3 rings (SSSR count). The van der Waals surface area contributed by atoms with E-state index in [-0.39, 0.29) is 6.04 Å². The van der Waals surface area contributed by atoms with Gasteiger partial charge in [-0.1, -0.05) is 34.1 Å². The maximum absolute atomic E-state index is 5.98. The number of aryl methyl sites for hydroxylation is 1. The third-order valence-corrected chi connectivity index (χ3v) is 4.38. The van der Waals surface area contributed by atoms with Crippen molar-refractivity contribution in [2.75, 3.05) is 0 Å². The van der Waals surface area contributed by atoms with Crippen LogP contribution in [0.25, 0.3) is 5.69 Å². The Morgan fingerprint density at radius 1 is 1.30 bits per heavy atom. The van der Waals surface area contributed by atoms with Gasteiger partial charge in [0.05, 0.1) is 11.4 Å². The summed E-state index contributed by atoms with van der Waals surface area (Å²) in [5.41, 5.74) is 10.7. The summed E-state index contributed by atoms with van der Waals surface area (Å²) in [6, 6.07) is 8.38. The summed E-state index contributed by atoms with van der Waals surface area (Å²) in [7, 11) is 0. The maximum Gasteiger partial charge on any atom is 0.0660 e. The Morgan fingerprint density at radius 3 is 2.75 bits per heavy atom. The second-order valence-electron chi connectivity index (χ2n) is 5.37. The van der Waals surface area contributed by atoms with Gasteiger partial charge in [0.1, 0.15) is 0 Å². The third-order valence-electron chi connectivity index (χ3n) is 3.89. The molecule has 2 aromatic rings. The van der Waals surface area contributed by atoms with E-state index in [4.69, 9.17) is 10.8 Å². The molecular weight excluding hydrogens is 314 g/mol. The molecule has 4 heteroatoms. The maximum atomic E-state index is 5.98. The predicted octanol–water partition coefficient (Wildman–Crippen LogP) is 3.62. The topological polar surface area (TPSA) is 43.8 Å². The average Bonchev–Trinajstić information content (AvgIpc) is 2.93. The molecule has 0 spiro atoms. The second-order valence-corrected chi connectivity index (χ2v) is 6.28. The van der Waals surface area contributed by atoms with E-state index in [0.717, 1.165) is 22.3 Å². The summed E-state index contributed by atoms with van der Waals surface area (Å²) in [5, 5.41) is 4.71. The molecule has 1 aromatic carbocycles. The highest BCUT2D eigenvalue weighted by atomic mass is 79.9. The minimum atomic E-state index is 0.174. The first-order valence-corrected chi connectivity index (χ1v) is 7.61. The van der Waals surface area contributed by atoms with Crippen molar-refractivity contribution in [1.82, 2.24) is 9.78 Å². The first-order valence-electron chi connectivity index (χ1n) is 6.82. The van der Waals surface area contributed by atoms with Gasteiger partial charge in [0.25, 0.3) is 0 Å². The summed E-state index contributed by atoms with van der Waals surface area (Å²) < 4.78 is 3.08. The SMILES string of the molecule is Cc1nn(-c2cccc(Br)c2)c(C)c1C1C=CC(N)C1. The van der Waals surface area contributed by atoms with Crippen molar-refractivity contribution in [3.05, 3.63) is 57.8 Å². The van der Waals surface area contributed by atoms with Crippen LogP contribution in [0, 0.1) is 13.8 Å². The highest BCUT2D eigenvalue weighted by Crippen LogP contribution is 2.33. The monoisotopic (exact) mass is 331 g/mol. The lowest BCUT2D eigenvalue weighted by Crippen LogP contribution is -2.14. The third kappa shape index (κ3) is 2.34. The van der Waals surface area contributed by atoms with Gasteiger partial charge >= 0.3 is 0 Å². The second kappa shape index (κ2) is 5.19. The Morgan fingerprint density at radius 2 is 2.10 bits per heavy atom. The molecule has 2 unspecified atom stereocenters. The van der Waals surface area contributed by atoms with Crippen LogP contribution >= 0.6 is 15.9 Å². The zero-order valence-corrected chi connectivity index (χ0v) is 13.3. The van der Waals surface area contributed by atoms with Gasteiger partial charge in [0.2, 0.25) is 0 Å². The van der Waals surface area contributed by atoms with Gasteiger partial charge in [0, 0.05) is 27.7 Å². The molecule has 2 N–H and O–H groups in total. The molecule has 0 bridgehead atoms. The fourth-order valence-corrected chi connectivity index (χ4v) is 3.38. The van der Waals surface area contributed by atoms with Gasteiger partial charge in [-0.3, -0.25) is 0 Å². The van der Waals surface area contributed by atoms with Gasteiger partial charge in [0.15, 0.2) is 0 Å². The predicted molar refractivity (Wildman–Crippen MR) is 85.2 cm³/mol. The molecule has 0 radical (unpaired) electrons. The number of rotatable bonds is 2. The molecule has 104 valence electrons. The fourth-order valence-electron chi connectivity index (χ4n) is 2.99. The molecule has 1 aliphatic carbocycles. The lowest BCUT2D eigenvalue weighted by Gasteiger charge is -2.11. The van der Waals surface area contributed by atoms with E-state index < -0.39 is 0 Å². The summed E-state index contributed by atoms with van der Waals surface area (Å²) in [6.45, 7) is 4.21. The van der Waals surface area contributed by atoms with E-state index in [1.165, 1.54) is 11.3 Å². The first kappa shape index (κ1) is 13.6. The number of nitrogens with zero attached hydrogens (tertiary/aromatic N) is 2. The first-order chi connectivity index (χ1) is 9.56. The molecule has 0 amide bonds. The minimum absolute atomic E-state index is 0.174. The highest BCUT2D eigenvalue weighted by Gasteiger charge is 2.24. The Balaban J connectivity index is 2.05. The summed E-state index contributed by atoms with van der Waals surface area (Å²) >= 11 is 3.51. The van der Waals surface area contributed by atoms with Crippen LogP contribution < -0.4 is 5.73 Å². The van der Waals surface area contributed by atoms with Crippen molar-refractivity contribution < 1.29 is 0 Å². The van der Waals surface area contributed by atoms with E-state index >= 15 is 0 Å². The zero-order valence-electron chi connectivity index (χ0n) is 11.7. The molecule has 3 nitrogen and oxygen atoms in total. The number of halogens is 1. The molecule has 1 aliphatic rings. The van der Waals surface area contributed by atoms with E-state index in [1.54, 1.807) is 0 Å². The van der Waals surface area contributed by atoms with Crippen LogP contribution in [0.4, 0.5) is 0 Å². The fraction of sp³-hybridized carbons (Fsp3) is 0.312. The van der Waals surface area contributed by atoms with Crippen LogP contribution in [-0.2, 0) is 0 Å². The lowest BCUT2D eigenvalue weighted by molar-refractivity contribution is 0.704. The van der Waals surface area contributed by atoms with Gasteiger partial charge in [-0.25, -0.2) is 4.68 Å². The Hall–Kier alpha value is -1.39. The van der Waals surface area contributed by atoms with Crippen LogP contribution in [0.15, 0.2) is 40.9 Å². The number of benzene rings is 1. The van der Waals surface area contributed by atoms with Crippen LogP contribution in [0.2, 0.25) is 0 Å². The Kier molecular flexibility index (Phi) is 3.52. The van der Waals surface area contributed by atoms with Crippen molar-refractivity contribution in [2.45, 2.75) is 32.2 Å². The molecule has 2 atom stereocenters. The molecule has 1 heterocycles. The van der Waals surface area contributed by atoms with Crippen molar-refractivity contribution in [3.63, 3.8) is 0 Å². The Bertz CT molecular complexity index is 672. The van der Waals surface area contributed by atoms with Crippen molar-refractivity contribution in [1.29, 1.82) is 0 Å². The largest absolute Gasteiger partial charge is 0.324 e. The van der Waals surface area contributed by atoms with E-state index in [1.807, 2.05) is 16.8 Å². The normalized spacial score (nSPS) is 21.6. The van der Waals surface area contributed by atoms with Gasteiger partial charge in [-0.15, -0.1) is 0 Å². The number of hydrogen-bond donors (Lipinski definition) is 1. The van der Waals surface area contributed by atoms with Crippen molar-refractivity contribution >= 4 is 15.9 Å². The van der Waals surface area contributed by atoms with Crippen molar-refractivity contribution in [3.8, 4) is 5.69 Å². The molecule has 0 aliphatic heterocycles. The number of aromatic nitrogens is 2. The average molecular weight is 332 g/mol. The molecule has 20 heavy (non-hydrogen) atoms. The van der Waals surface area contributed by atoms with Gasteiger partial charge in [-0.05, 0) is 38.5 Å². The summed E-state index contributed by atoms with van der Waals surface area (Å²) in [4.78, 5) is 0. The standard InChI is InChI=1S/C16H18BrN3/c1-10-16(12-6-7-14(18)8-12)11(2)20(19-10)15-5-3-4-13(17)9-15/h3-7,9,12,14H,8,18H2,1-2H3. The van der Waals surface area contributed by atoms with Crippen LogP contribution in [0.3, 0.4) is 0 Å². The molecule has 0 saturated carbocycles.